The molecule has 122 valence electrons. The smallest absolute Gasteiger partial charge is 0.251 e. The predicted octanol–water partition coefficient (Wildman–Crippen LogP) is 3.58. The molecular formula is C19H19N3OS. The van der Waals surface area contributed by atoms with E-state index in [1.165, 1.54) is 5.56 Å². The largest absolute Gasteiger partial charge is 0.348 e. The molecule has 2 aromatic carbocycles. The van der Waals surface area contributed by atoms with E-state index in [4.69, 9.17) is 0 Å². The summed E-state index contributed by atoms with van der Waals surface area (Å²) in [5, 5.41) is 7.28. The third kappa shape index (κ3) is 4.26. The highest BCUT2D eigenvalue weighted by molar-refractivity contribution is 7.98. The van der Waals surface area contributed by atoms with Crippen molar-refractivity contribution >= 4 is 17.7 Å². The van der Waals surface area contributed by atoms with E-state index in [0.29, 0.717) is 12.1 Å². The zero-order valence-electron chi connectivity index (χ0n) is 13.5. The third-order valence-corrected chi connectivity index (χ3v) is 4.42. The van der Waals surface area contributed by atoms with Gasteiger partial charge in [0.1, 0.15) is 0 Å². The van der Waals surface area contributed by atoms with Gasteiger partial charge in [-0.2, -0.15) is 5.10 Å². The molecule has 1 N–H and O–H groups in total. The van der Waals surface area contributed by atoms with Gasteiger partial charge in [0.2, 0.25) is 0 Å². The molecule has 0 radical (unpaired) electrons. The van der Waals surface area contributed by atoms with Crippen molar-refractivity contribution in [3.63, 3.8) is 0 Å². The lowest BCUT2D eigenvalue weighted by Crippen LogP contribution is -2.22. The molecule has 5 heteroatoms. The van der Waals surface area contributed by atoms with Gasteiger partial charge < -0.3 is 5.32 Å². The zero-order valence-corrected chi connectivity index (χ0v) is 14.3. The van der Waals surface area contributed by atoms with Gasteiger partial charge in [-0.05, 0) is 36.1 Å². The Morgan fingerprint density at radius 3 is 2.54 bits per heavy atom. The van der Waals surface area contributed by atoms with Crippen LogP contribution in [-0.4, -0.2) is 21.9 Å². The molecule has 1 heterocycles. The summed E-state index contributed by atoms with van der Waals surface area (Å²) in [4.78, 5) is 13.3. The van der Waals surface area contributed by atoms with E-state index in [1.54, 1.807) is 18.0 Å². The summed E-state index contributed by atoms with van der Waals surface area (Å²) in [7, 11) is 0. The van der Waals surface area contributed by atoms with Crippen molar-refractivity contribution in [1.29, 1.82) is 0 Å². The number of nitrogens with zero attached hydrogens (tertiary/aromatic N) is 2. The fraction of sp³-hybridized carbons (Fsp3) is 0.158. The first-order valence-electron chi connectivity index (χ1n) is 7.72. The van der Waals surface area contributed by atoms with Gasteiger partial charge in [0, 0.05) is 28.8 Å². The topological polar surface area (TPSA) is 46.9 Å². The molecule has 0 saturated heterocycles. The Hall–Kier alpha value is -2.53. The van der Waals surface area contributed by atoms with Crippen LogP contribution in [-0.2, 0) is 13.1 Å². The molecule has 0 atom stereocenters. The first kappa shape index (κ1) is 16.3. The summed E-state index contributed by atoms with van der Waals surface area (Å²) in [5.41, 5.74) is 2.86. The molecule has 24 heavy (non-hydrogen) atoms. The summed E-state index contributed by atoms with van der Waals surface area (Å²) in [6.07, 6.45) is 5.77. The minimum atomic E-state index is -0.0709. The molecule has 4 nitrogen and oxygen atoms in total. The van der Waals surface area contributed by atoms with Crippen molar-refractivity contribution in [2.24, 2.45) is 0 Å². The van der Waals surface area contributed by atoms with Crippen molar-refractivity contribution in [1.82, 2.24) is 15.1 Å². The lowest BCUT2D eigenvalue weighted by Gasteiger charge is -2.04. The SMILES string of the molecule is CSc1ccc(C(=O)NCc2cnn(Cc3ccccc3)c2)cc1. The number of rotatable bonds is 6. The first-order valence-corrected chi connectivity index (χ1v) is 8.94. The van der Waals surface area contributed by atoms with Gasteiger partial charge >= 0.3 is 0 Å². The molecular weight excluding hydrogens is 318 g/mol. The Bertz CT molecular complexity index is 797. The second-order valence-corrected chi connectivity index (χ2v) is 6.32. The van der Waals surface area contributed by atoms with Crippen molar-refractivity contribution in [3.8, 4) is 0 Å². The number of thioether (sulfide) groups is 1. The average molecular weight is 337 g/mol. The van der Waals surface area contributed by atoms with Gasteiger partial charge in [0.15, 0.2) is 0 Å². The summed E-state index contributed by atoms with van der Waals surface area (Å²) in [6.45, 7) is 1.20. The minimum Gasteiger partial charge on any atom is -0.348 e. The van der Waals surface area contributed by atoms with Crippen molar-refractivity contribution in [2.45, 2.75) is 18.0 Å². The number of carbonyl (C=O) groups is 1. The second-order valence-electron chi connectivity index (χ2n) is 5.44. The Labute approximate surface area is 145 Å². The van der Waals surface area contributed by atoms with Crippen LogP contribution in [0.25, 0.3) is 0 Å². The van der Waals surface area contributed by atoms with Crippen LogP contribution in [0.3, 0.4) is 0 Å². The summed E-state index contributed by atoms with van der Waals surface area (Å²) >= 11 is 1.66. The maximum Gasteiger partial charge on any atom is 0.251 e. The van der Waals surface area contributed by atoms with Crippen LogP contribution in [0.15, 0.2) is 71.9 Å². The van der Waals surface area contributed by atoms with Crippen LogP contribution in [0.1, 0.15) is 21.5 Å². The van der Waals surface area contributed by atoms with Crippen LogP contribution in [0.4, 0.5) is 0 Å². The van der Waals surface area contributed by atoms with E-state index in [2.05, 4.69) is 22.5 Å². The molecule has 0 aliphatic rings. The third-order valence-electron chi connectivity index (χ3n) is 3.68. The average Bonchev–Trinajstić information content (AvgIpc) is 3.08. The fourth-order valence-corrected chi connectivity index (χ4v) is 2.79. The van der Waals surface area contributed by atoms with Gasteiger partial charge in [-0.1, -0.05) is 30.3 Å². The molecule has 1 aromatic heterocycles. The van der Waals surface area contributed by atoms with Gasteiger partial charge in [-0.25, -0.2) is 0 Å². The van der Waals surface area contributed by atoms with Gasteiger partial charge in [0.25, 0.3) is 5.91 Å². The molecule has 0 bridgehead atoms. The molecule has 3 aromatic rings. The van der Waals surface area contributed by atoms with E-state index >= 15 is 0 Å². The molecule has 0 fully saturated rings. The maximum atomic E-state index is 12.2. The number of aromatic nitrogens is 2. The van der Waals surface area contributed by atoms with Crippen molar-refractivity contribution in [3.05, 3.63) is 83.7 Å². The monoisotopic (exact) mass is 337 g/mol. The Kier molecular flexibility index (Phi) is 5.33. The molecule has 0 unspecified atom stereocenters. The van der Waals surface area contributed by atoms with Crippen LogP contribution in [0.2, 0.25) is 0 Å². The lowest BCUT2D eigenvalue weighted by molar-refractivity contribution is 0.0951. The summed E-state index contributed by atoms with van der Waals surface area (Å²) in [5.74, 6) is -0.0709. The van der Waals surface area contributed by atoms with E-state index in [-0.39, 0.29) is 5.91 Å². The number of carbonyl (C=O) groups excluding carboxylic acids is 1. The Morgan fingerprint density at radius 2 is 1.83 bits per heavy atom. The zero-order chi connectivity index (χ0) is 16.8. The van der Waals surface area contributed by atoms with Crippen LogP contribution in [0.5, 0.6) is 0 Å². The van der Waals surface area contributed by atoms with Crippen molar-refractivity contribution < 1.29 is 4.79 Å². The maximum absolute atomic E-state index is 12.2. The highest BCUT2D eigenvalue weighted by atomic mass is 32.2. The highest BCUT2D eigenvalue weighted by Gasteiger charge is 2.06. The van der Waals surface area contributed by atoms with E-state index in [9.17, 15) is 4.79 Å². The fourth-order valence-electron chi connectivity index (χ4n) is 2.38. The van der Waals surface area contributed by atoms with Crippen LogP contribution < -0.4 is 5.32 Å². The summed E-state index contributed by atoms with van der Waals surface area (Å²) in [6, 6.07) is 17.8. The quantitative estimate of drug-likeness (QED) is 0.699. The predicted molar refractivity (Wildman–Crippen MR) is 97.2 cm³/mol. The minimum absolute atomic E-state index is 0.0709. The molecule has 1 amide bonds. The molecule has 3 rings (SSSR count). The van der Waals surface area contributed by atoms with Crippen LogP contribution in [0, 0.1) is 0 Å². The number of hydrogen-bond acceptors (Lipinski definition) is 3. The highest BCUT2D eigenvalue weighted by Crippen LogP contribution is 2.14. The van der Waals surface area contributed by atoms with E-state index in [0.717, 1.165) is 17.0 Å². The van der Waals surface area contributed by atoms with Gasteiger partial charge in [0.05, 0.1) is 12.7 Å². The van der Waals surface area contributed by atoms with Crippen LogP contribution >= 0.6 is 11.8 Å². The van der Waals surface area contributed by atoms with Crippen molar-refractivity contribution in [2.75, 3.05) is 6.26 Å². The van der Waals surface area contributed by atoms with Gasteiger partial charge in [-0.3, -0.25) is 9.48 Å². The Morgan fingerprint density at radius 1 is 1.08 bits per heavy atom. The first-order chi connectivity index (χ1) is 11.7. The second kappa shape index (κ2) is 7.84. The standard InChI is InChI=1S/C19H19N3OS/c1-24-18-9-7-17(8-10-18)19(23)20-11-16-12-21-22(14-16)13-15-5-3-2-4-6-15/h2-10,12,14H,11,13H2,1H3,(H,20,23). The normalized spacial score (nSPS) is 10.5. The Balaban J connectivity index is 1.55. The van der Waals surface area contributed by atoms with E-state index < -0.39 is 0 Å². The molecule has 0 aliphatic heterocycles. The lowest BCUT2D eigenvalue weighted by atomic mass is 10.2. The molecule has 0 saturated carbocycles. The number of nitrogens with one attached hydrogen (secondary N) is 1. The molecule has 0 spiro atoms. The number of benzene rings is 2. The van der Waals surface area contributed by atoms with E-state index in [1.807, 2.05) is 59.6 Å². The summed E-state index contributed by atoms with van der Waals surface area (Å²) < 4.78 is 1.88. The number of amides is 1. The van der Waals surface area contributed by atoms with Gasteiger partial charge in [-0.15, -0.1) is 11.8 Å². The number of hydrogen-bond donors (Lipinski definition) is 1. The molecule has 0 aliphatic carbocycles.